The van der Waals surface area contributed by atoms with Crippen LogP contribution in [0, 0.1) is 28.9 Å². The number of amides is 1. The lowest BCUT2D eigenvalue weighted by molar-refractivity contribution is -0.128. The predicted octanol–water partition coefficient (Wildman–Crippen LogP) is 3.11. The molecule has 1 N–H and O–H groups in total. The van der Waals surface area contributed by atoms with Crippen LogP contribution in [0.3, 0.4) is 0 Å². The lowest BCUT2D eigenvalue weighted by Crippen LogP contribution is -2.44. The maximum Gasteiger partial charge on any atom is 0.225 e. The van der Waals surface area contributed by atoms with E-state index in [-0.39, 0.29) is 17.6 Å². The van der Waals surface area contributed by atoms with Gasteiger partial charge in [-0.2, -0.15) is 0 Å². The molecule has 1 spiro atoms. The van der Waals surface area contributed by atoms with Gasteiger partial charge in [0.15, 0.2) is 11.6 Å². The highest BCUT2D eigenvalue weighted by atomic mass is 19.2. The number of nitrogens with zero attached hydrogens (tertiary/aromatic N) is 1. The number of likely N-dealkylation sites (tertiary alicyclic amines) is 1. The second-order valence-corrected chi connectivity index (χ2v) is 9.41. The van der Waals surface area contributed by atoms with E-state index in [1.807, 2.05) is 20.8 Å². The Balaban J connectivity index is 1.42. The molecule has 0 aliphatic carbocycles. The number of halogens is 2. The van der Waals surface area contributed by atoms with Crippen molar-refractivity contribution in [2.75, 3.05) is 19.6 Å². The lowest BCUT2D eigenvalue weighted by atomic mass is 9.73. The monoisotopic (exact) mass is 378 g/mol. The Morgan fingerprint density at radius 3 is 2.81 bits per heavy atom. The summed E-state index contributed by atoms with van der Waals surface area (Å²) in [6, 6.07) is 4.11. The second-order valence-electron chi connectivity index (χ2n) is 9.41. The van der Waals surface area contributed by atoms with E-state index in [4.69, 9.17) is 4.74 Å². The van der Waals surface area contributed by atoms with Crippen LogP contribution in [0.5, 0.6) is 0 Å². The van der Waals surface area contributed by atoms with E-state index < -0.39 is 17.0 Å². The first-order valence-electron chi connectivity index (χ1n) is 9.80. The summed E-state index contributed by atoms with van der Waals surface area (Å²) in [5.74, 6) is -0.852. The number of nitrogens with one attached hydrogen (secondary N) is 1. The van der Waals surface area contributed by atoms with Crippen molar-refractivity contribution in [1.82, 2.24) is 10.2 Å². The van der Waals surface area contributed by atoms with Gasteiger partial charge in [-0.1, -0.05) is 26.8 Å². The average Bonchev–Trinajstić information content (AvgIpc) is 3.23. The molecule has 4 atom stereocenters. The highest BCUT2D eigenvalue weighted by Crippen LogP contribution is 2.54. The number of ether oxygens (including phenoxy) is 1. The van der Waals surface area contributed by atoms with E-state index in [9.17, 15) is 13.6 Å². The number of benzene rings is 1. The second kappa shape index (κ2) is 6.52. The SMILES string of the molecule is CC(C)(C)C(=O)NC[C@H]1[C@H]2CN(Cc3ccc(F)c(F)c3)C[C@]23CC[C@H]1O3. The van der Waals surface area contributed by atoms with Crippen LogP contribution in [0.4, 0.5) is 8.78 Å². The van der Waals surface area contributed by atoms with E-state index in [0.29, 0.717) is 24.9 Å². The van der Waals surface area contributed by atoms with Crippen LogP contribution in [0.15, 0.2) is 18.2 Å². The van der Waals surface area contributed by atoms with Crippen molar-refractivity contribution < 1.29 is 18.3 Å². The van der Waals surface area contributed by atoms with Crippen LogP contribution in [0.25, 0.3) is 0 Å². The summed E-state index contributed by atoms with van der Waals surface area (Å²) >= 11 is 0. The van der Waals surface area contributed by atoms with Crippen molar-refractivity contribution in [3.05, 3.63) is 35.4 Å². The third kappa shape index (κ3) is 3.38. The quantitative estimate of drug-likeness (QED) is 0.875. The fourth-order valence-corrected chi connectivity index (χ4v) is 5.05. The van der Waals surface area contributed by atoms with E-state index in [0.717, 1.165) is 31.5 Å². The van der Waals surface area contributed by atoms with Gasteiger partial charge in [-0.15, -0.1) is 0 Å². The van der Waals surface area contributed by atoms with Gasteiger partial charge < -0.3 is 10.1 Å². The van der Waals surface area contributed by atoms with Crippen LogP contribution in [-0.2, 0) is 16.1 Å². The molecule has 0 saturated carbocycles. The van der Waals surface area contributed by atoms with Gasteiger partial charge in [-0.3, -0.25) is 9.69 Å². The predicted molar refractivity (Wildman–Crippen MR) is 97.9 cm³/mol. The molecule has 4 nitrogen and oxygen atoms in total. The minimum atomic E-state index is -0.813. The summed E-state index contributed by atoms with van der Waals surface area (Å²) in [5.41, 5.74) is 0.239. The largest absolute Gasteiger partial charge is 0.370 e. The molecule has 2 bridgehead atoms. The zero-order valence-electron chi connectivity index (χ0n) is 16.2. The van der Waals surface area contributed by atoms with E-state index in [2.05, 4.69) is 10.2 Å². The average molecular weight is 378 g/mol. The normalized spacial score (nSPS) is 32.7. The molecule has 3 saturated heterocycles. The van der Waals surface area contributed by atoms with Crippen LogP contribution in [0.2, 0.25) is 0 Å². The molecule has 1 amide bonds. The Labute approximate surface area is 159 Å². The smallest absolute Gasteiger partial charge is 0.225 e. The van der Waals surface area contributed by atoms with Crippen molar-refractivity contribution >= 4 is 5.91 Å². The number of rotatable bonds is 4. The third-order valence-corrected chi connectivity index (χ3v) is 6.42. The van der Waals surface area contributed by atoms with Crippen LogP contribution in [-0.4, -0.2) is 42.1 Å². The van der Waals surface area contributed by atoms with Crippen LogP contribution < -0.4 is 5.32 Å². The van der Waals surface area contributed by atoms with Crippen molar-refractivity contribution in [3.63, 3.8) is 0 Å². The minimum absolute atomic E-state index is 0.0657. The summed E-state index contributed by atoms with van der Waals surface area (Å²) in [6.45, 7) is 8.67. The molecule has 148 valence electrons. The van der Waals surface area contributed by atoms with Gasteiger partial charge in [-0.05, 0) is 30.5 Å². The highest BCUT2D eigenvalue weighted by Gasteiger charge is 2.62. The molecule has 3 aliphatic heterocycles. The van der Waals surface area contributed by atoms with Crippen molar-refractivity contribution in [3.8, 4) is 0 Å². The lowest BCUT2D eigenvalue weighted by Gasteiger charge is -2.30. The summed E-state index contributed by atoms with van der Waals surface area (Å²) in [5, 5.41) is 3.11. The van der Waals surface area contributed by atoms with Gasteiger partial charge in [-0.25, -0.2) is 8.78 Å². The van der Waals surface area contributed by atoms with Crippen LogP contribution >= 0.6 is 0 Å². The Morgan fingerprint density at radius 1 is 1.33 bits per heavy atom. The first-order chi connectivity index (χ1) is 12.7. The van der Waals surface area contributed by atoms with Gasteiger partial charge >= 0.3 is 0 Å². The van der Waals surface area contributed by atoms with Gasteiger partial charge in [0.05, 0.1) is 11.7 Å². The minimum Gasteiger partial charge on any atom is -0.370 e. The standard InChI is InChI=1S/C21H28F2N2O2/c1-20(2,3)19(26)24-9-14-15-11-25(12-21(15)7-6-18(14)27-21)10-13-4-5-16(22)17(23)8-13/h4-5,8,14-15,18H,6-7,9-12H2,1-3H3,(H,24,26)/t14-,15+,18+,21+/m0/s1. The zero-order valence-corrected chi connectivity index (χ0v) is 16.2. The third-order valence-electron chi connectivity index (χ3n) is 6.42. The first kappa shape index (κ1) is 18.8. The fourth-order valence-electron chi connectivity index (χ4n) is 5.05. The van der Waals surface area contributed by atoms with E-state index >= 15 is 0 Å². The number of hydrogen-bond acceptors (Lipinski definition) is 3. The Morgan fingerprint density at radius 2 is 2.11 bits per heavy atom. The molecular formula is C21H28F2N2O2. The Kier molecular flexibility index (Phi) is 4.54. The molecule has 3 fully saturated rings. The van der Waals surface area contributed by atoms with Gasteiger partial charge in [0.25, 0.3) is 0 Å². The van der Waals surface area contributed by atoms with Gasteiger partial charge in [0, 0.05) is 43.4 Å². The fraction of sp³-hybridized carbons (Fsp3) is 0.667. The van der Waals surface area contributed by atoms with E-state index in [1.165, 1.54) is 12.1 Å². The molecular weight excluding hydrogens is 350 g/mol. The number of carbonyl (C=O) groups is 1. The Bertz CT molecular complexity index is 748. The van der Waals surface area contributed by atoms with E-state index in [1.54, 1.807) is 6.07 Å². The Hall–Kier alpha value is -1.53. The number of hydrogen-bond donors (Lipinski definition) is 1. The van der Waals surface area contributed by atoms with Crippen molar-refractivity contribution in [1.29, 1.82) is 0 Å². The number of carbonyl (C=O) groups excluding carboxylic acids is 1. The highest BCUT2D eigenvalue weighted by molar-refractivity contribution is 5.81. The topological polar surface area (TPSA) is 41.6 Å². The number of fused-ring (bicyclic) bond motifs is 1. The first-order valence-corrected chi connectivity index (χ1v) is 9.80. The molecule has 1 aromatic rings. The molecule has 6 heteroatoms. The molecule has 27 heavy (non-hydrogen) atoms. The summed E-state index contributed by atoms with van der Waals surface area (Å²) < 4.78 is 33.1. The molecule has 1 aromatic carbocycles. The summed E-state index contributed by atoms with van der Waals surface area (Å²) in [7, 11) is 0. The molecule has 0 radical (unpaired) electrons. The molecule has 4 rings (SSSR count). The summed E-state index contributed by atoms with van der Waals surface area (Å²) in [4.78, 5) is 14.5. The zero-order chi connectivity index (χ0) is 19.4. The van der Waals surface area contributed by atoms with Crippen LogP contribution in [0.1, 0.15) is 39.2 Å². The van der Waals surface area contributed by atoms with Gasteiger partial charge in [0.1, 0.15) is 0 Å². The molecule has 0 unspecified atom stereocenters. The molecule has 3 aliphatic rings. The molecule has 0 aromatic heterocycles. The maximum atomic E-state index is 13.5. The molecule has 3 heterocycles. The van der Waals surface area contributed by atoms with Gasteiger partial charge in [0.2, 0.25) is 5.91 Å². The van der Waals surface area contributed by atoms with Crippen molar-refractivity contribution in [2.45, 2.75) is 51.9 Å². The summed E-state index contributed by atoms with van der Waals surface area (Å²) in [6.07, 6.45) is 2.30. The maximum absolute atomic E-state index is 13.5. The van der Waals surface area contributed by atoms with Crippen molar-refractivity contribution in [2.24, 2.45) is 17.3 Å².